The number of ether oxygens (including phenoxy) is 1. The molecule has 0 bridgehead atoms. The van der Waals surface area contributed by atoms with E-state index in [-0.39, 0.29) is 11.9 Å². The van der Waals surface area contributed by atoms with Crippen LogP contribution in [0.1, 0.15) is 38.3 Å². The van der Waals surface area contributed by atoms with Gasteiger partial charge in [0.25, 0.3) is 0 Å². The highest BCUT2D eigenvalue weighted by Gasteiger charge is 2.16. The van der Waals surface area contributed by atoms with Crippen molar-refractivity contribution in [3.63, 3.8) is 0 Å². The van der Waals surface area contributed by atoms with Crippen LogP contribution in [-0.2, 0) is 4.74 Å². The molecule has 1 aromatic rings. The first-order valence-electron chi connectivity index (χ1n) is 7.58. The van der Waals surface area contributed by atoms with Gasteiger partial charge in [-0.3, -0.25) is 0 Å². The normalized spacial score (nSPS) is 17.2. The SMILES string of the molecule is CCCCN[C@H](C)c1ccc(N2CCOCC2)c(F)c1. The van der Waals surface area contributed by atoms with Gasteiger partial charge in [0, 0.05) is 19.1 Å². The number of morpholine rings is 1. The van der Waals surface area contributed by atoms with Crippen molar-refractivity contribution < 1.29 is 9.13 Å². The minimum absolute atomic E-state index is 0.131. The third-order valence-electron chi connectivity index (χ3n) is 3.80. The van der Waals surface area contributed by atoms with E-state index in [2.05, 4.69) is 24.1 Å². The molecular formula is C16H25FN2O. The first-order chi connectivity index (χ1) is 9.72. The van der Waals surface area contributed by atoms with Crippen LogP contribution < -0.4 is 10.2 Å². The molecule has 1 fully saturated rings. The summed E-state index contributed by atoms with van der Waals surface area (Å²) in [4.78, 5) is 2.05. The van der Waals surface area contributed by atoms with Crippen molar-refractivity contribution in [2.75, 3.05) is 37.7 Å². The van der Waals surface area contributed by atoms with Crippen molar-refractivity contribution >= 4 is 5.69 Å². The van der Waals surface area contributed by atoms with Crippen LogP contribution in [0, 0.1) is 5.82 Å². The van der Waals surface area contributed by atoms with E-state index < -0.39 is 0 Å². The van der Waals surface area contributed by atoms with Crippen molar-refractivity contribution in [1.29, 1.82) is 0 Å². The highest BCUT2D eigenvalue weighted by Crippen LogP contribution is 2.24. The van der Waals surface area contributed by atoms with E-state index in [0.29, 0.717) is 18.9 Å². The Bertz CT molecular complexity index is 419. The zero-order chi connectivity index (χ0) is 14.4. The molecule has 1 saturated heterocycles. The zero-order valence-corrected chi connectivity index (χ0v) is 12.5. The fraction of sp³-hybridized carbons (Fsp3) is 0.625. The van der Waals surface area contributed by atoms with Crippen LogP contribution in [0.3, 0.4) is 0 Å². The maximum absolute atomic E-state index is 14.3. The zero-order valence-electron chi connectivity index (χ0n) is 12.5. The maximum atomic E-state index is 14.3. The van der Waals surface area contributed by atoms with E-state index in [0.717, 1.165) is 31.6 Å². The summed E-state index contributed by atoms with van der Waals surface area (Å²) >= 11 is 0. The second-order valence-corrected chi connectivity index (χ2v) is 5.34. The highest BCUT2D eigenvalue weighted by molar-refractivity contribution is 5.49. The summed E-state index contributed by atoms with van der Waals surface area (Å²) in [5.74, 6) is -0.131. The Morgan fingerprint density at radius 3 is 2.75 bits per heavy atom. The third-order valence-corrected chi connectivity index (χ3v) is 3.80. The number of benzene rings is 1. The van der Waals surface area contributed by atoms with Gasteiger partial charge in [0.1, 0.15) is 5.82 Å². The number of nitrogens with one attached hydrogen (secondary N) is 1. The smallest absolute Gasteiger partial charge is 0.146 e. The molecule has 0 unspecified atom stereocenters. The summed E-state index contributed by atoms with van der Waals surface area (Å²) in [5, 5.41) is 3.43. The van der Waals surface area contributed by atoms with E-state index in [1.54, 1.807) is 6.07 Å². The molecule has 1 aliphatic rings. The second kappa shape index (κ2) is 7.60. The quantitative estimate of drug-likeness (QED) is 0.810. The Labute approximate surface area is 121 Å². The molecule has 3 nitrogen and oxygen atoms in total. The van der Waals surface area contributed by atoms with Crippen LogP contribution in [-0.4, -0.2) is 32.8 Å². The fourth-order valence-corrected chi connectivity index (χ4v) is 2.47. The maximum Gasteiger partial charge on any atom is 0.146 e. The molecule has 112 valence electrons. The first kappa shape index (κ1) is 15.3. The molecule has 20 heavy (non-hydrogen) atoms. The molecule has 0 aromatic heterocycles. The number of unbranched alkanes of at least 4 members (excludes halogenated alkanes) is 1. The Hall–Kier alpha value is -1.13. The minimum atomic E-state index is -0.131. The molecule has 1 heterocycles. The number of halogens is 1. The number of hydrogen-bond donors (Lipinski definition) is 1. The van der Waals surface area contributed by atoms with Crippen molar-refractivity contribution in [2.24, 2.45) is 0 Å². The van der Waals surface area contributed by atoms with Gasteiger partial charge in [-0.25, -0.2) is 4.39 Å². The Morgan fingerprint density at radius 1 is 1.35 bits per heavy atom. The summed E-state index contributed by atoms with van der Waals surface area (Å²) in [6.45, 7) is 8.11. The molecule has 0 amide bonds. The van der Waals surface area contributed by atoms with Gasteiger partial charge in [-0.05, 0) is 37.6 Å². The molecule has 0 spiro atoms. The van der Waals surface area contributed by atoms with Gasteiger partial charge in [0.2, 0.25) is 0 Å². The molecule has 1 aliphatic heterocycles. The topological polar surface area (TPSA) is 24.5 Å². The minimum Gasteiger partial charge on any atom is -0.378 e. The molecule has 2 rings (SSSR count). The summed E-state index contributed by atoms with van der Waals surface area (Å²) in [6, 6.07) is 5.77. The Morgan fingerprint density at radius 2 is 2.10 bits per heavy atom. The Balaban J connectivity index is 2.01. The standard InChI is InChI=1S/C16H25FN2O/c1-3-4-7-18-13(2)14-5-6-16(15(17)12-14)19-8-10-20-11-9-19/h5-6,12-13,18H,3-4,7-11H2,1-2H3/t13-/m1/s1. The van der Waals surface area contributed by atoms with Gasteiger partial charge in [-0.15, -0.1) is 0 Å². The van der Waals surface area contributed by atoms with Crippen molar-refractivity contribution in [3.8, 4) is 0 Å². The van der Waals surface area contributed by atoms with E-state index in [4.69, 9.17) is 4.74 Å². The van der Waals surface area contributed by atoms with E-state index in [1.807, 2.05) is 12.1 Å². The molecule has 1 N–H and O–H groups in total. The van der Waals surface area contributed by atoms with Gasteiger partial charge in [0.15, 0.2) is 0 Å². The molecule has 1 aromatic carbocycles. The first-order valence-corrected chi connectivity index (χ1v) is 7.58. The van der Waals surface area contributed by atoms with Crippen LogP contribution in [0.5, 0.6) is 0 Å². The summed E-state index contributed by atoms with van der Waals surface area (Å²) in [7, 11) is 0. The predicted octanol–water partition coefficient (Wildman–Crippen LogP) is 3.11. The van der Waals surface area contributed by atoms with Crippen molar-refractivity contribution in [1.82, 2.24) is 5.32 Å². The summed E-state index contributed by atoms with van der Waals surface area (Å²) in [6.07, 6.45) is 2.32. The van der Waals surface area contributed by atoms with Crippen LogP contribution in [0.25, 0.3) is 0 Å². The molecule has 4 heteroatoms. The van der Waals surface area contributed by atoms with Gasteiger partial charge >= 0.3 is 0 Å². The number of hydrogen-bond acceptors (Lipinski definition) is 3. The van der Waals surface area contributed by atoms with E-state index in [1.165, 1.54) is 6.42 Å². The second-order valence-electron chi connectivity index (χ2n) is 5.34. The van der Waals surface area contributed by atoms with E-state index >= 15 is 0 Å². The Kier molecular flexibility index (Phi) is 5.80. The lowest BCUT2D eigenvalue weighted by atomic mass is 10.1. The van der Waals surface area contributed by atoms with Crippen molar-refractivity contribution in [2.45, 2.75) is 32.7 Å². The van der Waals surface area contributed by atoms with Crippen LogP contribution >= 0.6 is 0 Å². The summed E-state index contributed by atoms with van der Waals surface area (Å²) in [5.41, 5.74) is 1.70. The third kappa shape index (κ3) is 3.93. The molecule has 0 radical (unpaired) electrons. The lowest BCUT2D eigenvalue weighted by Crippen LogP contribution is -2.36. The number of anilines is 1. The summed E-state index contributed by atoms with van der Waals surface area (Å²) < 4.78 is 19.6. The lowest BCUT2D eigenvalue weighted by molar-refractivity contribution is 0.122. The average molecular weight is 280 g/mol. The largest absolute Gasteiger partial charge is 0.378 e. The number of nitrogens with zero attached hydrogens (tertiary/aromatic N) is 1. The molecule has 0 saturated carbocycles. The molecular weight excluding hydrogens is 255 g/mol. The van der Waals surface area contributed by atoms with Gasteiger partial charge in [0.05, 0.1) is 18.9 Å². The highest BCUT2D eigenvalue weighted by atomic mass is 19.1. The van der Waals surface area contributed by atoms with E-state index in [9.17, 15) is 4.39 Å². The molecule has 0 aliphatic carbocycles. The fourth-order valence-electron chi connectivity index (χ4n) is 2.47. The predicted molar refractivity (Wildman–Crippen MR) is 80.8 cm³/mol. The van der Waals surface area contributed by atoms with Gasteiger partial charge < -0.3 is 15.0 Å². The van der Waals surface area contributed by atoms with Crippen LogP contribution in [0.4, 0.5) is 10.1 Å². The van der Waals surface area contributed by atoms with Gasteiger partial charge in [-0.1, -0.05) is 19.4 Å². The average Bonchev–Trinajstić information content (AvgIpc) is 2.48. The number of rotatable bonds is 6. The lowest BCUT2D eigenvalue weighted by Gasteiger charge is -2.29. The monoisotopic (exact) mass is 280 g/mol. The van der Waals surface area contributed by atoms with Crippen LogP contribution in [0.15, 0.2) is 18.2 Å². The van der Waals surface area contributed by atoms with Crippen molar-refractivity contribution in [3.05, 3.63) is 29.6 Å². The van der Waals surface area contributed by atoms with Gasteiger partial charge in [-0.2, -0.15) is 0 Å². The molecule has 1 atom stereocenters. The van der Waals surface area contributed by atoms with Crippen LogP contribution in [0.2, 0.25) is 0 Å².